The number of aromatic nitrogens is 5. The van der Waals surface area contributed by atoms with Crippen molar-refractivity contribution in [1.82, 2.24) is 30.1 Å². The number of aromatic amines is 1. The summed E-state index contributed by atoms with van der Waals surface area (Å²) >= 11 is 0. The number of halogens is 1. The standard InChI is InChI=1S/C23H28FN7O3/c1-12-16(11-33-2)30-31-6-5-25-21(20(12)31)26-18-7-15(28-29-18)14-3-4-17(19(14)24)34-22(32)27-23-8-13(9-23)10-23/h5-7,13-14,17,19H,3-4,8-11H2,1-2H3,(H,27,32)(H2,25,26,28,29)/t13?,14-,17-,19-,23?/m0/s1. The third-order valence-electron chi connectivity index (χ3n) is 7.57. The quantitative estimate of drug-likeness (QED) is 0.485. The van der Waals surface area contributed by atoms with Gasteiger partial charge in [-0.1, -0.05) is 0 Å². The van der Waals surface area contributed by atoms with Gasteiger partial charge in [-0.25, -0.2) is 18.7 Å². The predicted molar refractivity (Wildman–Crippen MR) is 121 cm³/mol. The number of H-pyrrole nitrogens is 1. The molecule has 3 heterocycles. The fraction of sp³-hybridized carbons (Fsp3) is 0.565. The van der Waals surface area contributed by atoms with Gasteiger partial charge in [-0.15, -0.1) is 0 Å². The number of fused-ring (bicyclic) bond motifs is 1. The van der Waals surface area contributed by atoms with E-state index in [1.807, 2.05) is 6.92 Å². The summed E-state index contributed by atoms with van der Waals surface area (Å²) in [5.74, 6) is 1.47. The van der Waals surface area contributed by atoms with Gasteiger partial charge in [0.25, 0.3) is 0 Å². The molecule has 1 amide bonds. The maximum atomic E-state index is 15.2. The molecule has 2 bridgehead atoms. The van der Waals surface area contributed by atoms with Gasteiger partial charge in [0, 0.05) is 48.3 Å². The fourth-order valence-electron chi connectivity index (χ4n) is 5.65. The fourth-order valence-corrected chi connectivity index (χ4v) is 5.65. The molecule has 3 aromatic rings. The van der Waals surface area contributed by atoms with Crippen LogP contribution >= 0.6 is 0 Å². The highest BCUT2D eigenvalue weighted by molar-refractivity contribution is 5.76. The lowest BCUT2D eigenvalue weighted by atomic mass is 9.50. The molecule has 4 aliphatic carbocycles. The Balaban J connectivity index is 1.13. The van der Waals surface area contributed by atoms with Gasteiger partial charge >= 0.3 is 6.09 Å². The number of hydrogen-bond acceptors (Lipinski definition) is 7. The highest BCUT2D eigenvalue weighted by Gasteiger charge is 2.58. The molecule has 0 aliphatic heterocycles. The maximum Gasteiger partial charge on any atom is 0.407 e. The minimum Gasteiger partial charge on any atom is -0.443 e. The van der Waals surface area contributed by atoms with E-state index in [2.05, 4.69) is 30.9 Å². The first-order valence-electron chi connectivity index (χ1n) is 11.7. The number of nitrogens with one attached hydrogen (secondary N) is 3. The molecule has 180 valence electrons. The first-order valence-corrected chi connectivity index (χ1v) is 11.7. The number of amides is 1. The van der Waals surface area contributed by atoms with Crippen LogP contribution in [0.1, 0.15) is 55.0 Å². The minimum absolute atomic E-state index is 0.0788. The molecule has 3 aromatic heterocycles. The molecule has 11 heteroatoms. The van der Waals surface area contributed by atoms with Crippen molar-refractivity contribution in [2.75, 3.05) is 12.4 Å². The zero-order valence-electron chi connectivity index (χ0n) is 19.2. The van der Waals surface area contributed by atoms with Crippen LogP contribution in [0, 0.1) is 12.8 Å². The van der Waals surface area contributed by atoms with Crippen molar-refractivity contribution in [3.8, 4) is 0 Å². The van der Waals surface area contributed by atoms with Crippen LogP contribution in [0.3, 0.4) is 0 Å². The third kappa shape index (κ3) is 3.49. The van der Waals surface area contributed by atoms with Gasteiger partial charge in [0.15, 0.2) is 11.6 Å². The first-order chi connectivity index (χ1) is 16.4. The Morgan fingerprint density at radius 2 is 2.18 bits per heavy atom. The highest BCUT2D eigenvalue weighted by Crippen LogP contribution is 2.57. The summed E-state index contributed by atoms with van der Waals surface area (Å²) in [4.78, 5) is 16.7. The predicted octanol–water partition coefficient (Wildman–Crippen LogP) is 3.51. The second-order valence-electron chi connectivity index (χ2n) is 9.86. The van der Waals surface area contributed by atoms with Crippen LogP contribution < -0.4 is 10.6 Å². The van der Waals surface area contributed by atoms with Crippen molar-refractivity contribution in [2.45, 2.75) is 69.4 Å². The summed E-state index contributed by atoms with van der Waals surface area (Å²) in [5.41, 5.74) is 3.20. The van der Waals surface area contributed by atoms with Gasteiger partial charge < -0.3 is 20.1 Å². The third-order valence-corrected chi connectivity index (χ3v) is 7.57. The molecular weight excluding hydrogens is 441 g/mol. The van der Waals surface area contributed by atoms with Gasteiger partial charge in [-0.2, -0.15) is 10.2 Å². The molecule has 4 aliphatic rings. The summed E-state index contributed by atoms with van der Waals surface area (Å²) in [6.07, 6.45) is 5.01. The molecule has 7 rings (SSSR count). The second kappa shape index (κ2) is 7.93. The Morgan fingerprint density at radius 1 is 1.35 bits per heavy atom. The van der Waals surface area contributed by atoms with Crippen LogP contribution in [0.2, 0.25) is 0 Å². The van der Waals surface area contributed by atoms with Crippen LogP contribution in [-0.2, 0) is 16.1 Å². The molecule has 0 aromatic carbocycles. The van der Waals surface area contributed by atoms with Crippen LogP contribution in [0.15, 0.2) is 18.5 Å². The number of alkyl carbamates (subject to hydrolysis) is 1. The lowest BCUT2D eigenvalue weighted by Gasteiger charge is -2.61. The van der Waals surface area contributed by atoms with E-state index in [1.54, 1.807) is 30.1 Å². The molecular formula is C23H28FN7O3. The molecule has 0 spiro atoms. The maximum absolute atomic E-state index is 15.2. The van der Waals surface area contributed by atoms with E-state index in [0.717, 1.165) is 42.0 Å². The molecule has 4 fully saturated rings. The number of hydrogen-bond donors (Lipinski definition) is 3. The van der Waals surface area contributed by atoms with Gasteiger partial charge in [0.05, 0.1) is 12.3 Å². The van der Waals surface area contributed by atoms with Crippen LogP contribution in [0.4, 0.5) is 20.8 Å². The number of rotatable bonds is 7. The van der Waals surface area contributed by atoms with Crippen molar-refractivity contribution in [1.29, 1.82) is 0 Å². The summed E-state index contributed by atoms with van der Waals surface area (Å²) < 4.78 is 27.6. The SMILES string of the molecule is COCc1nn2ccnc(Nc3cc([C@@H]4CC[C@H](OC(=O)NC56CC(C5)C6)[C@H]4F)[nH]n3)c2c1C. The summed E-state index contributed by atoms with van der Waals surface area (Å²) in [6.45, 7) is 2.37. The molecule has 0 saturated heterocycles. The van der Waals surface area contributed by atoms with Crippen LogP contribution in [0.5, 0.6) is 0 Å². The van der Waals surface area contributed by atoms with E-state index >= 15 is 4.39 Å². The average Bonchev–Trinajstić information content (AvgIpc) is 3.44. The summed E-state index contributed by atoms with van der Waals surface area (Å²) in [7, 11) is 1.63. The lowest BCUT2D eigenvalue weighted by Crippen LogP contribution is -2.68. The Hall–Kier alpha value is -3.21. The second-order valence-corrected chi connectivity index (χ2v) is 9.86. The van der Waals surface area contributed by atoms with Crippen LogP contribution in [0.25, 0.3) is 5.52 Å². The number of aryl methyl sites for hydroxylation is 1. The van der Waals surface area contributed by atoms with Gasteiger partial charge in [0.1, 0.15) is 17.8 Å². The molecule has 0 unspecified atom stereocenters. The molecule has 10 nitrogen and oxygen atoms in total. The van der Waals surface area contributed by atoms with E-state index < -0.39 is 24.3 Å². The number of carbonyl (C=O) groups is 1. The van der Waals surface area contributed by atoms with Gasteiger partial charge in [-0.3, -0.25) is 5.10 Å². The monoisotopic (exact) mass is 469 g/mol. The number of methoxy groups -OCH3 is 1. The Labute approximate surface area is 195 Å². The summed E-state index contributed by atoms with van der Waals surface area (Å²) in [5, 5.41) is 17.9. The molecule has 3 atom stereocenters. The molecule has 4 saturated carbocycles. The number of alkyl halides is 1. The average molecular weight is 470 g/mol. The zero-order valence-corrected chi connectivity index (χ0v) is 19.2. The van der Waals surface area contributed by atoms with E-state index in [4.69, 9.17) is 9.47 Å². The normalized spacial score (nSPS) is 29.5. The minimum atomic E-state index is -1.29. The van der Waals surface area contributed by atoms with Crippen LogP contribution in [-0.4, -0.2) is 55.8 Å². The van der Waals surface area contributed by atoms with Crippen molar-refractivity contribution >= 4 is 23.2 Å². The van der Waals surface area contributed by atoms with E-state index in [0.29, 0.717) is 36.8 Å². The van der Waals surface area contributed by atoms with Crippen molar-refractivity contribution in [2.24, 2.45) is 5.92 Å². The van der Waals surface area contributed by atoms with Crippen molar-refractivity contribution < 1.29 is 18.7 Å². The zero-order chi connectivity index (χ0) is 23.4. The number of anilines is 2. The smallest absolute Gasteiger partial charge is 0.407 e. The van der Waals surface area contributed by atoms with E-state index in [1.165, 1.54) is 0 Å². The molecule has 3 N–H and O–H groups in total. The lowest BCUT2D eigenvalue weighted by molar-refractivity contribution is -0.0532. The van der Waals surface area contributed by atoms with Gasteiger partial charge in [0.2, 0.25) is 0 Å². The largest absolute Gasteiger partial charge is 0.443 e. The topological polar surface area (TPSA) is 118 Å². The van der Waals surface area contributed by atoms with Crippen molar-refractivity contribution in [3.05, 3.63) is 35.4 Å². The number of carbonyl (C=O) groups excluding carboxylic acids is 1. The van der Waals surface area contributed by atoms with E-state index in [9.17, 15) is 4.79 Å². The number of nitrogens with zero attached hydrogens (tertiary/aromatic N) is 4. The highest BCUT2D eigenvalue weighted by atomic mass is 19.1. The molecule has 0 radical (unpaired) electrons. The Kier molecular flexibility index (Phi) is 4.98. The first kappa shape index (κ1) is 21.3. The van der Waals surface area contributed by atoms with Gasteiger partial charge in [-0.05, 0) is 44.9 Å². The molecule has 34 heavy (non-hydrogen) atoms. The summed E-state index contributed by atoms with van der Waals surface area (Å²) in [6, 6.07) is 1.79. The Morgan fingerprint density at radius 3 is 2.91 bits per heavy atom. The Bertz CT molecular complexity index is 1220. The van der Waals surface area contributed by atoms with E-state index in [-0.39, 0.29) is 5.54 Å². The van der Waals surface area contributed by atoms with Crippen molar-refractivity contribution in [3.63, 3.8) is 0 Å². The number of ether oxygens (including phenoxy) is 2.